The third kappa shape index (κ3) is 1.73. The van der Waals surface area contributed by atoms with Gasteiger partial charge in [0.15, 0.2) is 0 Å². The molecule has 1 heterocycles. The van der Waals surface area contributed by atoms with E-state index < -0.39 is 17.9 Å². The maximum absolute atomic E-state index is 12.6. The van der Waals surface area contributed by atoms with Gasteiger partial charge in [-0.2, -0.15) is 5.10 Å². The minimum atomic E-state index is -2.79. The van der Waals surface area contributed by atoms with Gasteiger partial charge in [-0.25, -0.2) is 23.2 Å². The molecular formula is C10H9F2N3O. The Morgan fingerprint density at radius 2 is 1.94 bits per heavy atom. The molecule has 6 heteroatoms. The van der Waals surface area contributed by atoms with Crippen molar-refractivity contribution in [3.05, 3.63) is 46.1 Å². The number of hydrogen-bond donors (Lipinski definition) is 1. The summed E-state index contributed by atoms with van der Waals surface area (Å²) in [5.74, 6) is -0.575. The highest BCUT2D eigenvalue weighted by atomic mass is 19.3. The highest BCUT2D eigenvalue weighted by Crippen LogP contribution is 2.17. The monoisotopic (exact) mass is 225 g/mol. The molecule has 1 aromatic carbocycles. The van der Waals surface area contributed by atoms with Gasteiger partial charge in [0.2, 0.25) is 5.82 Å². The van der Waals surface area contributed by atoms with E-state index in [1.165, 1.54) is 0 Å². The topological polar surface area (TPSA) is 50.7 Å². The number of alkyl halides is 2. The zero-order chi connectivity index (χ0) is 11.7. The molecule has 0 aliphatic rings. The molecule has 0 spiro atoms. The average Bonchev–Trinajstić information content (AvgIpc) is 2.62. The molecular weight excluding hydrogens is 216 g/mol. The molecule has 0 amide bonds. The first-order valence-corrected chi connectivity index (χ1v) is 4.62. The molecule has 0 atom stereocenters. The summed E-state index contributed by atoms with van der Waals surface area (Å²) in [7, 11) is 0. The molecule has 16 heavy (non-hydrogen) atoms. The van der Waals surface area contributed by atoms with Gasteiger partial charge in [0.25, 0.3) is 6.43 Å². The van der Waals surface area contributed by atoms with Crippen molar-refractivity contribution >= 4 is 0 Å². The van der Waals surface area contributed by atoms with Gasteiger partial charge in [0.05, 0.1) is 5.69 Å². The van der Waals surface area contributed by atoms with Crippen molar-refractivity contribution in [1.29, 1.82) is 0 Å². The number of halogens is 2. The summed E-state index contributed by atoms with van der Waals surface area (Å²) >= 11 is 0. The minimum Gasteiger partial charge on any atom is -0.246 e. The predicted molar refractivity (Wildman–Crippen MR) is 53.9 cm³/mol. The zero-order valence-electron chi connectivity index (χ0n) is 8.45. The van der Waals surface area contributed by atoms with Crippen molar-refractivity contribution in [2.75, 3.05) is 0 Å². The van der Waals surface area contributed by atoms with Crippen molar-refractivity contribution in [3.8, 4) is 5.69 Å². The Morgan fingerprint density at radius 3 is 2.50 bits per heavy atom. The lowest BCUT2D eigenvalue weighted by molar-refractivity contribution is 0.138. The second-order valence-corrected chi connectivity index (χ2v) is 3.36. The molecule has 0 aliphatic heterocycles. The predicted octanol–water partition coefficient (Wildman–Crippen LogP) is 1.81. The molecule has 0 aliphatic carbocycles. The quantitative estimate of drug-likeness (QED) is 0.847. The van der Waals surface area contributed by atoms with E-state index in [0.717, 1.165) is 10.1 Å². The Labute approximate surface area is 89.5 Å². The van der Waals surface area contributed by atoms with Crippen LogP contribution in [0.3, 0.4) is 0 Å². The van der Waals surface area contributed by atoms with E-state index >= 15 is 0 Å². The van der Waals surface area contributed by atoms with Crippen LogP contribution in [-0.4, -0.2) is 14.8 Å². The van der Waals surface area contributed by atoms with Crippen molar-refractivity contribution in [1.82, 2.24) is 14.8 Å². The van der Waals surface area contributed by atoms with Gasteiger partial charge >= 0.3 is 5.69 Å². The number of aryl methyl sites for hydroxylation is 1. The van der Waals surface area contributed by atoms with E-state index in [2.05, 4.69) is 5.10 Å². The largest absolute Gasteiger partial charge is 0.348 e. The molecule has 0 unspecified atom stereocenters. The van der Waals surface area contributed by atoms with Crippen molar-refractivity contribution in [2.45, 2.75) is 13.3 Å². The van der Waals surface area contributed by atoms with E-state index in [-0.39, 0.29) is 0 Å². The fourth-order valence-electron chi connectivity index (χ4n) is 1.40. The number of benzene rings is 1. The van der Waals surface area contributed by atoms with Crippen LogP contribution in [0.2, 0.25) is 0 Å². The first-order valence-electron chi connectivity index (χ1n) is 4.62. The number of aromatic nitrogens is 3. The summed E-state index contributed by atoms with van der Waals surface area (Å²) in [4.78, 5) is 11.3. The van der Waals surface area contributed by atoms with Crippen molar-refractivity contribution < 1.29 is 8.78 Å². The van der Waals surface area contributed by atoms with Gasteiger partial charge in [0, 0.05) is 0 Å². The maximum Gasteiger partial charge on any atom is 0.348 e. The standard InChI is InChI=1S/C10H9F2N3O/c1-6-2-4-7(5-3-6)15-9(8(11)12)13-14-10(15)16/h2-5,8H,1H3,(H,14,16). The van der Waals surface area contributed by atoms with Gasteiger partial charge in [-0.05, 0) is 19.1 Å². The zero-order valence-corrected chi connectivity index (χ0v) is 8.45. The number of nitrogens with zero attached hydrogens (tertiary/aromatic N) is 2. The number of nitrogens with one attached hydrogen (secondary N) is 1. The number of hydrogen-bond acceptors (Lipinski definition) is 2. The highest BCUT2D eigenvalue weighted by Gasteiger charge is 2.18. The van der Waals surface area contributed by atoms with E-state index in [0.29, 0.717) is 5.69 Å². The lowest BCUT2D eigenvalue weighted by Gasteiger charge is -2.04. The molecule has 4 nitrogen and oxygen atoms in total. The Hall–Kier alpha value is -1.98. The van der Waals surface area contributed by atoms with Crippen LogP contribution in [0.4, 0.5) is 8.78 Å². The third-order valence-corrected chi connectivity index (χ3v) is 2.19. The normalized spacial score (nSPS) is 11.0. The maximum atomic E-state index is 12.6. The van der Waals surface area contributed by atoms with Crippen LogP contribution in [0.25, 0.3) is 5.69 Å². The molecule has 0 radical (unpaired) electrons. The Kier molecular flexibility index (Phi) is 2.55. The molecule has 1 aromatic heterocycles. The number of rotatable bonds is 2. The lowest BCUT2D eigenvalue weighted by atomic mass is 10.2. The van der Waals surface area contributed by atoms with Crippen LogP contribution in [0.1, 0.15) is 17.8 Å². The van der Waals surface area contributed by atoms with Crippen LogP contribution < -0.4 is 5.69 Å². The van der Waals surface area contributed by atoms with Crippen molar-refractivity contribution in [3.63, 3.8) is 0 Å². The van der Waals surface area contributed by atoms with E-state index in [1.807, 2.05) is 12.0 Å². The van der Waals surface area contributed by atoms with Gasteiger partial charge in [0.1, 0.15) is 0 Å². The van der Waals surface area contributed by atoms with Crippen LogP contribution in [0, 0.1) is 6.92 Å². The molecule has 2 aromatic rings. The second-order valence-electron chi connectivity index (χ2n) is 3.36. The molecule has 0 saturated heterocycles. The fraction of sp³-hybridized carbons (Fsp3) is 0.200. The van der Waals surface area contributed by atoms with Gasteiger partial charge in [-0.3, -0.25) is 0 Å². The van der Waals surface area contributed by atoms with Crippen LogP contribution in [0.5, 0.6) is 0 Å². The summed E-state index contributed by atoms with van der Waals surface area (Å²) < 4.78 is 26.0. The summed E-state index contributed by atoms with van der Waals surface area (Å²) in [5.41, 5.74) is 0.692. The average molecular weight is 225 g/mol. The first-order chi connectivity index (χ1) is 7.59. The van der Waals surface area contributed by atoms with Crippen LogP contribution in [-0.2, 0) is 0 Å². The molecule has 0 bridgehead atoms. The molecule has 2 rings (SSSR count). The molecule has 1 N–H and O–H groups in total. The Bertz CT molecular complexity index is 542. The number of H-pyrrole nitrogens is 1. The molecule has 0 fully saturated rings. The summed E-state index contributed by atoms with van der Waals surface area (Å²) in [6.45, 7) is 1.87. The van der Waals surface area contributed by atoms with E-state index in [4.69, 9.17) is 0 Å². The van der Waals surface area contributed by atoms with Gasteiger partial charge < -0.3 is 0 Å². The summed E-state index contributed by atoms with van der Waals surface area (Å²) in [5, 5.41) is 5.30. The third-order valence-electron chi connectivity index (χ3n) is 2.19. The Balaban J connectivity index is 2.59. The second kappa shape index (κ2) is 3.88. The number of aromatic amines is 1. The summed E-state index contributed by atoms with van der Waals surface area (Å²) in [6, 6.07) is 6.67. The fourth-order valence-corrected chi connectivity index (χ4v) is 1.40. The van der Waals surface area contributed by atoms with Crippen molar-refractivity contribution in [2.24, 2.45) is 0 Å². The van der Waals surface area contributed by atoms with E-state index in [9.17, 15) is 13.6 Å². The van der Waals surface area contributed by atoms with Gasteiger partial charge in [-0.15, -0.1) is 0 Å². The molecule has 84 valence electrons. The first kappa shape index (κ1) is 10.5. The van der Waals surface area contributed by atoms with Gasteiger partial charge in [-0.1, -0.05) is 17.7 Å². The summed E-state index contributed by atoms with van der Waals surface area (Å²) in [6.07, 6.45) is -2.79. The van der Waals surface area contributed by atoms with E-state index in [1.54, 1.807) is 24.3 Å². The lowest BCUT2D eigenvalue weighted by Crippen LogP contribution is -2.17. The van der Waals surface area contributed by atoms with Crippen LogP contribution in [0.15, 0.2) is 29.1 Å². The smallest absolute Gasteiger partial charge is 0.246 e. The molecule has 0 saturated carbocycles. The highest BCUT2D eigenvalue weighted by molar-refractivity contribution is 5.35. The Morgan fingerprint density at radius 1 is 1.31 bits per heavy atom. The SMILES string of the molecule is Cc1ccc(-n2c(C(F)F)n[nH]c2=O)cc1. The minimum absolute atomic E-state index is 0.375. The van der Waals surface area contributed by atoms with Crippen LogP contribution >= 0.6 is 0 Å².